The molecule has 2 atom stereocenters. The van der Waals surface area contributed by atoms with Crippen LogP contribution < -0.4 is 5.32 Å². The number of hydrogen-bond donors (Lipinski definition) is 2. The van der Waals surface area contributed by atoms with Crippen LogP contribution in [-0.4, -0.2) is 30.8 Å². The lowest BCUT2D eigenvalue weighted by Crippen LogP contribution is -2.24. The van der Waals surface area contributed by atoms with Crippen LogP contribution in [0.3, 0.4) is 0 Å². The van der Waals surface area contributed by atoms with Gasteiger partial charge in [0.15, 0.2) is 0 Å². The molecule has 1 saturated heterocycles. The minimum atomic E-state index is -0.161. The summed E-state index contributed by atoms with van der Waals surface area (Å²) in [5.74, 6) is 0.000696. The van der Waals surface area contributed by atoms with Crippen LogP contribution in [0.25, 0.3) is 0 Å². The van der Waals surface area contributed by atoms with Crippen LogP contribution in [0.1, 0.15) is 18.4 Å². The molecule has 4 heteroatoms. The van der Waals surface area contributed by atoms with Crippen molar-refractivity contribution in [1.29, 1.82) is 0 Å². The second kappa shape index (κ2) is 5.19. The van der Waals surface area contributed by atoms with E-state index in [-0.39, 0.29) is 23.6 Å². The smallest absolute Gasteiger partial charge is 0.310 e. The SMILES string of the molecule is CCOC(=O)[C@H]1CNC[C@H]1c1cccc(O)c1. The number of phenolic OH excluding ortho intramolecular Hbond substituents is 1. The zero-order chi connectivity index (χ0) is 12.3. The van der Waals surface area contributed by atoms with E-state index in [1.54, 1.807) is 18.2 Å². The lowest BCUT2D eigenvalue weighted by atomic mass is 9.89. The summed E-state index contributed by atoms with van der Waals surface area (Å²) in [5, 5.41) is 12.7. The fraction of sp³-hybridized carbons (Fsp3) is 0.462. The molecule has 0 aliphatic carbocycles. The van der Waals surface area contributed by atoms with E-state index in [0.29, 0.717) is 13.2 Å². The van der Waals surface area contributed by atoms with Crippen molar-refractivity contribution in [3.8, 4) is 5.75 Å². The molecule has 1 aromatic rings. The van der Waals surface area contributed by atoms with Crippen molar-refractivity contribution < 1.29 is 14.6 Å². The Morgan fingerprint density at radius 1 is 1.53 bits per heavy atom. The Hall–Kier alpha value is -1.55. The lowest BCUT2D eigenvalue weighted by Gasteiger charge is -2.17. The molecule has 0 bridgehead atoms. The molecule has 17 heavy (non-hydrogen) atoms. The highest BCUT2D eigenvalue weighted by Gasteiger charge is 2.35. The number of benzene rings is 1. The van der Waals surface area contributed by atoms with Gasteiger partial charge in [-0.15, -0.1) is 0 Å². The zero-order valence-corrected chi connectivity index (χ0v) is 9.85. The Balaban J connectivity index is 2.17. The molecule has 1 aliphatic rings. The van der Waals surface area contributed by atoms with Gasteiger partial charge in [0.2, 0.25) is 0 Å². The molecule has 2 N–H and O–H groups in total. The number of ether oxygens (including phenoxy) is 1. The van der Waals surface area contributed by atoms with E-state index in [4.69, 9.17) is 4.74 Å². The normalized spacial score (nSPS) is 23.6. The predicted octanol–water partition coefficient (Wildman–Crippen LogP) is 1.26. The highest BCUT2D eigenvalue weighted by molar-refractivity contribution is 5.74. The minimum absolute atomic E-state index is 0.0844. The number of carbonyl (C=O) groups excluding carboxylic acids is 1. The van der Waals surface area contributed by atoms with E-state index < -0.39 is 0 Å². The Morgan fingerprint density at radius 3 is 3.06 bits per heavy atom. The van der Waals surface area contributed by atoms with Crippen LogP contribution in [0.2, 0.25) is 0 Å². The molecular weight excluding hydrogens is 218 g/mol. The van der Waals surface area contributed by atoms with Crippen LogP contribution in [-0.2, 0) is 9.53 Å². The molecular formula is C13H17NO3. The van der Waals surface area contributed by atoms with E-state index in [0.717, 1.165) is 12.1 Å². The first kappa shape index (κ1) is 11.9. The first-order valence-corrected chi connectivity index (χ1v) is 5.88. The summed E-state index contributed by atoms with van der Waals surface area (Å²) in [6, 6.07) is 7.07. The molecule has 92 valence electrons. The number of nitrogens with one attached hydrogen (secondary N) is 1. The van der Waals surface area contributed by atoms with Crippen LogP contribution in [0, 0.1) is 5.92 Å². The zero-order valence-electron chi connectivity index (χ0n) is 9.85. The Morgan fingerprint density at radius 2 is 2.35 bits per heavy atom. The molecule has 0 saturated carbocycles. The number of rotatable bonds is 3. The van der Waals surface area contributed by atoms with E-state index >= 15 is 0 Å². The first-order chi connectivity index (χ1) is 8.22. The summed E-state index contributed by atoms with van der Waals surface area (Å²) in [7, 11) is 0. The maximum atomic E-state index is 11.8. The maximum absolute atomic E-state index is 11.8. The van der Waals surface area contributed by atoms with E-state index in [9.17, 15) is 9.90 Å². The van der Waals surface area contributed by atoms with Gasteiger partial charge in [-0.25, -0.2) is 0 Å². The van der Waals surface area contributed by atoms with Crippen molar-refractivity contribution in [1.82, 2.24) is 5.32 Å². The van der Waals surface area contributed by atoms with Gasteiger partial charge < -0.3 is 15.2 Å². The van der Waals surface area contributed by atoms with Crippen LogP contribution >= 0.6 is 0 Å². The Labute approximate surface area is 101 Å². The maximum Gasteiger partial charge on any atom is 0.310 e. The average Bonchev–Trinajstić information content (AvgIpc) is 2.78. The van der Waals surface area contributed by atoms with Gasteiger partial charge in [-0.3, -0.25) is 4.79 Å². The quantitative estimate of drug-likeness (QED) is 0.774. The van der Waals surface area contributed by atoms with Crippen molar-refractivity contribution >= 4 is 5.97 Å². The molecule has 1 aromatic carbocycles. The summed E-state index contributed by atoms with van der Waals surface area (Å²) in [6.07, 6.45) is 0. The van der Waals surface area contributed by atoms with E-state index in [2.05, 4.69) is 5.32 Å². The fourth-order valence-electron chi connectivity index (χ4n) is 2.28. The van der Waals surface area contributed by atoms with E-state index in [1.807, 2.05) is 13.0 Å². The summed E-state index contributed by atoms with van der Waals surface area (Å²) in [5.41, 5.74) is 0.980. The molecule has 1 fully saturated rings. The van der Waals surface area contributed by atoms with Gasteiger partial charge in [0.1, 0.15) is 5.75 Å². The predicted molar refractivity (Wildman–Crippen MR) is 63.8 cm³/mol. The Bertz CT molecular complexity index is 405. The third-order valence-corrected chi connectivity index (χ3v) is 3.10. The minimum Gasteiger partial charge on any atom is -0.508 e. The topological polar surface area (TPSA) is 58.6 Å². The second-order valence-corrected chi connectivity index (χ2v) is 4.22. The average molecular weight is 235 g/mol. The van der Waals surface area contributed by atoms with Crippen LogP contribution in [0.15, 0.2) is 24.3 Å². The molecule has 1 heterocycles. The molecule has 0 radical (unpaired) electrons. The van der Waals surface area contributed by atoms with Crippen molar-refractivity contribution in [2.75, 3.05) is 19.7 Å². The molecule has 4 nitrogen and oxygen atoms in total. The van der Waals surface area contributed by atoms with Crippen molar-refractivity contribution in [2.24, 2.45) is 5.92 Å². The summed E-state index contributed by atoms with van der Waals surface area (Å²) < 4.78 is 5.07. The van der Waals surface area contributed by atoms with Gasteiger partial charge in [0.05, 0.1) is 12.5 Å². The standard InChI is InChI=1S/C13H17NO3/c1-2-17-13(16)12-8-14-7-11(12)9-4-3-5-10(15)6-9/h3-6,11-12,14-15H,2,7-8H2,1H3/t11-,12-/m0/s1. The number of phenols is 1. The summed E-state index contributed by atoms with van der Waals surface area (Å²) in [6.45, 7) is 3.60. The molecule has 0 aromatic heterocycles. The van der Waals surface area contributed by atoms with Gasteiger partial charge >= 0.3 is 5.97 Å². The van der Waals surface area contributed by atoms with Gasteiger partial charge in [-0.05, 0) is 24.6 Å². The lowest BCUT2D eigenvalue weighted by molar-refractivity contribution is -0.147. The third kappa shape index (κ3) is 2.58. The third-order valence-electron chi connectivity index (χ3n) is 3.10. The number of aromatic hydroxyl groups is 1. The molecule has 0 spiro atoms. The molecule has 1 aliphatic heterocycles. The Kier molecular flexibility index (Phi) is 3.64. The van der Waals surface area contributed by atoms with Gasteiger partial charge in [0, 0.05) is 19.0 Å². The van der Waals surface area contributed by atoms with Crippen molar-refractivity contribution in [2.45, 2.75) is 12.8 Å². The van der Waals surface area contributed by atoms with Gasteiger partial charge in [0.25, 0.3) is 0 Å². The summed E-state index contributed by atoms with van der Waals surface area (Å²) >= 11 is 0. The first-order valence-electron chi connectivity index (χ1n) is 5.88. The van der Waals surface area contributed by atoms with Crippen LogP contribution in [0.5, 0.6) is 5.75 Å². The number of esters is 1. The molecule has 0 unspecified atom stereocenters. The largest absolute Gasteiger partial charge is 0.508 e. The van der Waals surface area contributed by atoms with Crippen molar-refractivity contribution in [3.63, 3.8) is 0 Å². The molecule has 2 rings (SSSR count). The second-order valence-electron chi connectivity index (χ2n) is 4.22. The number of carbonyl (C=O) groups is 1. The van der Waals surface area contributed by atoms with Crippen molar-refractivity contribution in [3.05, 3.63) is 29.8 Å². The highest BCUT2D eigenvalue weighted by Crippen LogP contribution is 2.30. The number of hydrogen-bond acceptors (Lipinski definition) is 4. The van der Waals surface area contributed by atoms with E-state index in [1.165, 1.54) is 0 Å². The van der Waals surface area contributed by atoms with Gasteiger partial charge in [-0.1, -0.05) is 12.1 Å². The van der Waals surface area contributed by atoms with Crippen LogP contribution in [0.4, 0.5) is 0 Å². The molecule has 0 amide bonds. The fourth-order valence-corrected chi connectivity index (χ4v) is 2.28. The highest BCUT2D eigenvalue weighted by atomic mass is 16.5. The monoisotopic (exact) mass is 235 g/mol. The van der Waals surface area contributed by atoms with Gasteiger partial charge in [-0.2, -0.15) is 0 Å². The summed E-state index contributed by atoms with van der Waals surface area (Å²) in [4.78, 5) is 11.8.